The Balaban J connectivity index is 1.61. The number of piperidine rings is 1. The minimum atomic E-state index is 0.236. The Hall–Kier alpha value is 0.190. The second kappa shape index (κ2) is 11.5. The van der Waals surface area contributed by atoms with Gasteiger partial charge in [0.25, 0.3) is 0 Å². The van der Waals surface area contributed by atoms with Gasteiger partial charge in [-0.15, -0.1) is 11.8 Å². The second-order valence-corrected chi connectivity index (χ2v) is 11.0. The van der Waals surface area contributed by atoms with Crippen molar-refractivity contribution in [3.8, 4) is 0 Å². The van der Waals surface area contributed by atoms with Crippen molar-refractivity contribution in [2.45, 2.75) is 89.7 Å². The first kappa shape index (κ1) is 24.5. The quantitative estimate of drug-likeness (QED) is 0.335. The van der Waals surface area contributed by atoms with Crippen molar-refractivity contribution in [1.29, 1.82) is 0 Å². The molecule has 5 heteroatoms. The van der Waals surface area contributed by atoms with Gasteiger partial charge in [0.1, 0.15) is 0 Å². The molecule has 2 rings (SSSR count). The first-order chi connectivity index (χ1) is 13.3. The molecule has 0 aliphatic carbocycles. The zero-order chi connectivity index (χ0) is 20.6. The zero-order valence-corrected chi connectivity index (χ0v) is 20.3. The van der Waals surface area contributed by atoms with Crippen molar-refractivity contribution in [2.24, 2.45) is 5.92 Å². The summed E-state index contributed by atoms with van der Waals surface area (Å²) in [6.45, 7) is 19.2. The Bertz CT molecular complexity index is 444. The maximum absolute atomic E-state index is 6.15. The summed E-state index contributed by atoms with van der Waals surface area (Å²) in [6, 6.07) is 0. The van der Waals surface area contributed by atoms with E-state index in [4.69, 9.17) is 9.47 Å². The lowest BCUT2D eigenvalue weighted by Gasteiger charge is -2.42. The molecule has 0 aromatic carbocycles. The molecule has 0 spiro atoms. The van der Waals surface area contributed by atoms with Crippen LogP contribution in [0.4, 0.5) is 0 Å². The molecule has 4 nitrogen and oxygen atoms in total. The number of rotatable bonds is 12. The number of likely N-dealkylation sites (tertiary alicyclic amines) is 2. The van der Waals surface area contributed by atoms with Crippen molar-refractivity contribution < 1.29 is 9.47 Å². The Morgan fingerprint density at radius 1 is 1.00 bits per heavy atom. The molecule has 2 atom stereocenters. The number of thioether (sulfide) groups is 1. The molecule has 0 saturated carbocycles. The third-order valence-electron chi connectivity index (χ3n) is 7.18. The van der Waals surface area contributed by atoms with E-state index in [2.05, 4.69) is 50.7 Å². The molecule has 0 N–H and O–H groups in total. The number of nitrogens with zero attached hydrogens (tertiary/aromatic N) is 2. The van der Waals surface area contributed by atoms with Crippen molar-refractivity contribution in [3.63, 3.8) is 0 Å². The summed E-state index contributed by atoms with van der Waals surface area (Å²) in [5.41, 5.74) is 0.923. The molecule has 166 valence electrons. The van der Waals surface area contributed by atoms with Gasteiger partial charge in [0.2, 0.25) is 0 Å². The number of hydrogen-bond acceptors (Lipinski definition) is 5. The summed E-state index contributed by atoms with van der Waals surface area (Å²) < 4.78 is 12.0. The SMILES string of the molecule is CSC(C)OCCCN1CCC(COCCCN2CCCCC2(C)C)C1(C)C. The maximum Gasteiger partial charge on any atom is 0.0996 e. The Morgan fingerprint density at radius 3 is 2.43 bits per heavy atom. The van der Waals surface area contributed by atoms with Gasteiger partial charge in [-0.1, -0.05) is 6.42 Å². The highest BCUT2D eigenvalue weighted by molar-refractivity contribution is 7.99. The van der Waals surface area contributed by atoms with Crippen molar-refractivity contribution in [2.75, 3.05) is 52.3 Å². The molecule has 0 aromatic rings. The van der Waals surface area contributed by atoms with E-state index in [1.54, 1.807) is 11.8 Å². The normalized spacial score (nSPS) is 26.6. The van der Waals surface area contributed by atoms with E-state index in [9.17, 15) is 0 Å². The minimum absolute atomic E-state index is 0.236. The van der Waals surface area contributed by atoms with E-state index in [1.165, 1.54) is 45.3 Å². The van der Waals surface area contributed by atoms with Gasteiger partial charge in [-0.05, 0) is 86.1 Å². The van der Waals surface area contributed by atoms with Crippen LogP contribution in [0, 0.1) is 5.92 Å². The van der Waals surface area contributed by atoms with E-state index in [-0.39, 0.29) is 5.54 Å². The number of hydrogen-bond donors (Lipinski definition) is 0. The molecule has 2 aliphatic rings. The molecule has 2 heterocycles. The molecule has 2 fully saturated rings. The molecule has 0 aromatic heterocycles. The van der Waals surface area contributed by atoms with Crippen LogP contribution in [-0.4, -0.2) is 78.6 Å². The van der Waals surface area contributed by atoms with Gasteiger partial charge in [-0.2, -0.15) is 0 Å². The first-order valence-corrected chi connectivity index (χ1v) is 12.8. The third kappa shape index (κ3) is 7.16. The fraction of sp³-hybridized carbons (Fsp3) is 1.00. The van der Waals surface area contributed by atoms with Crippen molar-refractivity contribution in [1.82, 2.24) is 9.80 Å². The van der Waals surface area contributed by atoms with Crippen molar-refractivity contribution >= 4 is 11.8 Å². The van der Waals surface area contributed by atoms with Crippen LogP contribution in [0.5, 0.6) is 0 Å². The molecule has 0 amide bonds. The lowest BCUT2D eigenvalue weighted by atomic mass is 9.89. The highest BCUT2D eigenvalue weighted by Crippen LogP contribution is 2.35. The molecular formula is C23H46N2O2S. The predicted octanol–water partition coefficient (Wildman–Crippen LogP) is 4.87. The van der Waals surface area contributed by atoms with E-state index in [0.717, 1.165) is 39.2 Å². The van der Waals surface area contributed by atoms with Crippen LogP contribution < -0.4 is 0 Å². The molecule has 2 aliphatic heterocycles. The first-order valence-electron chi connectivity index (χ1n) is 11.5. The summed E-state index contributed by atoms with van der Waals surface area (Å²) in [5, 5.41) is 0. The van der Waals surface area contributed by atoms with E-state index in [1.807, 2.05) is 0 Å². The van der Waals surface area contributed by atoms with Gasteiger partial charge < -0.3 is 9.47 Å². The van der Waals surface area contributed by atoms with Crippen LogP contribution in [0.1, 0.15) is 73.1 Å². The van der Waals surface area contributed by atoms with Crippen LogP contribution in [0.25, 0.3) is 0 Å². The van der Waals surface area contributed by atoms with Gasteiger partial charge in [-0.25, -0.2) is 0 Å². The van der Waals surface area contributed by atoms with E-state index < -0.39 is 0 Å². The summed E-state index contributed by atoms with van der Waals surface area (Å²) in [6.07, 6.45) is 9.72. The fourth-order valence-electron chi connectivity index (χ4n) is 4.79. The minimum Gasteiger partial charge on any atom is -0.381 e. The summed E-state index contributed by atoms with van der Waals surface area (Å²) in [4.78, 5) is 5.31. The van der Waals surface area contributed by atoms with Gasteiger partial charge in [0.05, 0.1) is 12.0 Å². The number of ether oxygens (including phenoxy) is 2. The predicted molar refractivity (Wildman–Crippen MR) is 122 cm³/mol. The Morgan fingerprint density at radius 2 is 1.71 bits per heavy atom. The Kier molecular flexibility index (Phi) is 10.1. The summed E-state index contributed by atoms with van der Waals surface area (Å²) in [5.74, 6) is 0.643. The van der Waals surface area contributed by atoms with Gasteiger partial charge in [0, 0.05) is 43.3 Å². The second-order valence-electron chi connectivity index (χ2n) is 9.84. The average Bonchev–Trinajstić information content (AvgIpc) is 2.93. The van der Waals surface area contributed by atoms with Gasteiger partial charge in [0.15, 0.2) is 0 Å². The highest BCUT2D eigenvalue weighted by atomic mass is 32.2. The molecular weight excluding hydrogens is 368 g/mol. The highest BCUT2D eigenvalue weighted by Gasteiger charge is 2.40. The summed E-state index contributed by atoms with van der Waals surface area (Å²) >= 11 is 1.77. The van der Waals surface area contributed by atoms with Crippen molar-refractivity contribution in [3.05, 3.63) is 0 Å². The summed E-state index contributed by atoms with van der Waals surface area (Å²) in [7, 11) is 0. The van der Waals surface area contributed by atoms with Crippen LogP contribution in [0.15, 0.2) is 0 Å². The topological polar surface area (TPSA) is 24.9 Å². The monoisotopic (exact) mass is 414 g/mol. The molecule has 2 saturated heterocycles. The van der Waals surface area contributed by atoms with Crippen LogP contribution in [0.2, 0.25) is 0 Å². The smallest absolute Gasteiger partial charge is 0.0996 e. The average molecular weight is 415 g/mol. The van der Waals surface area contributed by atoms with Gasteiger partial charge in [-0.3, -0.25) is 9.80 Å². The maximum atomic E-state index is 6.15. The lowest BCUT2D eigenvalue weighted by molar-refractivity contribution is 0.0311. The van der Waals surface area contributed by atoms with Crippen LogP contribution >= 0.6 is 11.8 Å². The van der Waals surface area contributed by atoms with E-state index >= 15 is 0 Å². The largest absolute Gasteiger partial charge is 0.381 e. The third-order valence-corrected chi connectivity index (χ3v) is 7.98. The van der Waals surface area contributed by atoms with Gasteiger partial charge >= 0.3 is 0 Å². The van der Waals surface area contributed by atoms with E-state index in [0.29, 0.717) is 16.9 Å². The molecule has 28 heavy (non-hydrogen) atoms. The lowest BCUT2D eigenvalue weighted by Crippen LogP contribution is -2.48. The van der Waals surface area contributed by atoms with Crippen LogP contribution in [-0.2, 0) is 9.47 Å². The Labute approximate surface area is 179 Å². The standard InChI is InChI=1S/C23H46N2O2S/c1-20(28-6)27-18-10-15-25-16-11-21(23(25,4)5)19-26-17-9-14-24-13-8-7-12-22(24,2)3/h20-21H,7-19H2,1-6H3. The fourth-order valence-corrected chi connectivity index (χ4v) is 5.02. The molecule has 0 radical (unpaired) electrons. The van der Waals surface area contributed by atoms with Crippen LogP contribution in [0.3, 0.4) is 0 Å². The molecule has 2 unspecified atom stereocenters. The molecule has 0 bridgehead atoms. The zero-order valence-electron chi connectivity index (χ0n) is 19.5.